The highest BCUT2D eigenvalue weighted by Gasteiger charge is 2.45. The zero-order valence-corrected chi connectivity index (χ0v) is 17.2. The van der Waals surface area contributed by atoms with E-state index in [1.807, 2.05) is 0 Å². The molecule has 1 aromatic rings. The summed E-state index contributed by atoms with van der Waals surface area (Å²) in [5.74, 6) is -0.0561. The molecule has 2 heterocycles. The molecule has 1 N–H and O–H groups in total. The summed E-state index contributed by atoms with van der Waals surface area (Å²) in [6.45, 7) is 0. The first-order valence-corrected chi connectivity index (χ1v) is 12.8. The molecule has 1 aromatic carbocycles. The maximum atomic E-state index is 12.3. The maximum absolute atomic E-state index is 12.3. The molecule has 2 fully saturated rings. The molecule has 3 atom stereocenters. The van der Waals surface area contributed by atoms with E-state index in [2.05, 4.69) is 5.32 Å². The summed E-state index contributed by atoms with van der Waals surface area (Å²) >= 11 is 0. The van der Waals surface area contributed by atoms with Crippen molar-refractivity contribution in [1.29, 1.82) is 0 Å². The number of benzene rings is 1. The third-order valence-electron chi connectivity index (χ3n) is 5.41. The van der Waals surface area contributed by atoms with Crippen LogP contribution < -0.4 is 5.32 Å². The number of aryl methyl sites for hydroxylation is 1. The minimum atomic E-state index is -3.22. The number of rotatable bonds is 6. The predicted octanol–water partition coefficient (Wildman–Crippen LogP) is 1.09. The Bertz CT molecular complexity index is 896. The number of nitrogens with one attached hydrogen (secondary N) is 1. The molecule has 9 heteroatoms. The highest BCUT2D eigenvalue weighted by atomic mass is 32.2. The van der Waals surface area contributed by atoms with Crippen LogP contribution in [0.3, 0.4) is 0 Å². The minimum Gasteiger partial charge on any atom is -0.353 e. The average Bonchev–Trinajstić information content (AvgIpc) is 2.85. The Labute approximate surface area is 161 Å². The Kier molecular flexibility index (Phi) is 5.65. The van der Waals surface area contributed by atoms with E-state index in [0.29, 0.717) is 25.7 Å². The monoisotopic (exact) mass is 414 g/mol. The molecule has 0 saturated carbocycles. The lowest BCUT2D eigenvalue weighted by Gasteiger charge is -2.37. The highest BCUT2D eigenvalue weighted by molar-refractivity contribution is 7.90. The van der Waals surface area contributed by atoms with Gasteiger partial charge in [-0.1, -0.05) is 12.1 Å². The molecule has 0 aromatic heterocycles. The van der Waals surface area contributed by atoms with Crippen molar-refractivity contribution >= 4 is 25.8 Å². The van der Waals surface area contributed by atoms with Crippen molar-refractivity contribution < 1.29 is 21.6 Å². The van der Waals surface area contributed by atoms with Crippen LogP contribution in [0.4, 0.5) is 0 Å². The van der Waals surface area contributed by atoms with Crippen molar-refractivity contribution in [3.8, 4) is 0 Å². The Morgan fingerprint density at radius 2 is 1.59 bits per heavy atom. The first kappa shape index (κ1) is 20.3. The number of amides is 1. The fraction of sp³-hybridized carbons (Fsp3) is 0.611. The molecule has 7 nitrogen and oxygen atoms in total. The number of fused-ring (bicyclic) bond motifs is 2. The molecule has 1 unspecified atom stereocenters. The van der Waals surface area contributed by atoms with Gasteiger partial charge in [-0.15, -0.1) is 0 Å². The van der Waals surface area contributed by atoms with Gasteiger partial charge in [0.2, 0.25) is 15.9 Å². The molecular formula is C18H26N2O5S2. The van der Waals surface area contributed by atoms with Gasteiger partial charge in [-0.05, 0) is 49.8 Å². The molecule has 0 spiro atoms. The van der Waals surface area contributed by atoms with E-state index < -0.39 is 19.9 Å². The lowest BCUT2D eigenvalue weighted by atomic mass is 9.99. The van der Waals surface area contributed by atoms with Crippen LogP contribution in [0.1, 0.15) is 37.7 Å². The average molecular weight is 415 g/mol. The molecule has 0 aliphatic carbocycles. The summed E-state index contributed by atoms with van der Waals surface area (Å²) in [4.78, 5) is 12.6. The second kappa shape index (κ2) is 7.52. The van der Waals surface area contributed by atoms with E-state index in [1.54, 1.807) is 28.6 Å². The number of carbonyl (C=O) groups excluding carboxylic acids is 1. The summed E-state index contributed by atoms with van der Waals surface area (Å²) in [5.41, 5.74) is 0.907. The second-order valence-corrected chi connectivity index (χ2v) is 11.5. The molecule has 27 heavy (non-hydrogen) atoms. The number of sulfonamides is 1. The van der Waals surface area contributed by atoms with Crippen LogP contribution in [0.5, 0.6) is 0 Å². The molecule has 2 aliphatic rings. The summed E-state index contributed by atoms with van der Waals surface area (Å²) in [6.07, 6.45) is 6.32. The Morgan fingerprint density at radius 1 is 1.04 bits per heavy atom. The zero-order valence-electron chi connectivity index (χ0n) is 15.6. The van der Waals surface area contributed by atoms with E-state index in [9.17, 15) is 21.6 Å². The van der Waals surface area contributed by atoms with Gasteiger partial charge in [-0.2, -0.15) is 4.31 Å². The summed E-state index contributed by atoms with van der Waals surface area (Å²) in [7, 11) is -6.41. The standard InChI is InChI=1S/C18H26N2O5S2/c1-26(22,23)17-8-3-13(4-9-17)5-10-18(21)19-14-11-15-6-7-16(12-14)20(15)27(2,24)25/h3-4,8-9,14-16H,5-7,10-12H2,1-2H3,(H,19,21)/t14?,15-,16+. The van der Waals surface area contributed by atoms with Gasteiger partial charge in [0.25, 0.3) is 0 Å². The molecular weight excluding hydrogens is 388 g/mol. The molecule has 150 valence electrons. The first-order chi connectivity index (χ1) is 12.5. The zero-order chi connectivity index (χ0) is 19.8. The first-order valence-electron chi connectivity index (χ1n) is 9.11. The smallest absolute Gasteiger partial charge is 0.220 e. The van der Waals surface area contributed by atoms with Crippen LogP contribution >= 0.6 is 0 Å². The number of carbonyl (C=O) groups is 1. The third kappa shape index (κ3) is 4.89. The van der Waals surface area contributed by atoms with E-state index in [1.165, 1.54) is 6.26 Å². The maximum Gasteiger partial charge on any atom is 0.220 e. The fourth-order valence-electron chi connectivity index (χ4n) is 4.25. The Morgan fingerprint density at radius 3 is 2.07 bits per heavy atom. The van der Waals surface area contributed by atoms with Gasteiger partial charge in [0, 0.05) is 30.8 Å². The number of hydrogen-bond acceptors (Lipinski definition) is 5. The number of sulfone groups is 1. The molecule has 3 rings (SSSR count). The van der Waals surface area contributed by atoms with Gasteiger partial charge in [-0.3, -0.25) is 4.79 Å². The number of hydrogen-bond donors (Lipinski definition) is 1. The fourth-order valence-corrected chi connectivity index (χ4v) is 6.35. The number of nitrogens with zero attached hydrogens (tertiary/aromatic N) is 1. The summed E-state index contributed by atoms with van der Waals surface area (Å²) < 4.78 is 48.4. The normalized spacial score (nSPS) is 26.1. The van der Waals surface area contributed by atoms with Crippen molar-refractivity contribution in [3.05, 3.63) is 29.8 Å². The lowest BCUT2D eigenvalue weighted by molar-refractivity contribution is -0.122. The molecule has 2 aliphatic heterocycles. The van der Waals surface area contributed by atoms with Crippen LogP contribution in [0, 0.1) is 0 Å². The van der Waals surface area contributed by atoms with Crippen LogP contribution in [-0.2, 0) is 31.1 Å². The lowest BCUT2D eigenvalue weighted by Crippen LogP contribution is -2.52. The largest absolute Gasteiger partial charge is 0.353 e. The van der Waals surface area contributed by atoms with E-state index >= 15 is 0 Å². The van der Waals surface area contributed by atoms with Gasteiger partial charge in [0.1, 0.15) is 0 Å². The minimum absolute atomic E-state index is 0.00686. The number of piperidine rings is 1. The van der Waals surface area contributed by atoms with E-state index in [4.69, 9.17) is 0 Å². The van der Waals surface area contributed by atoms with Gasteiger partial charge >= 0.3 is 0 Å². The summed E-state index contributed by atoms with van der Waals surface area (Å²) in [5, 5.41) is 3.04. The van der Waals surface area contributed by atoms with E-state index in [0.717, 1.165) is 24.7 Å². The van der Waals surface area contributed by atoms with Crippen LogP contribution in [-0.4, -0.2) is 57.7 Å². The second-order valence-electron chi connectivity index (χ2n) is 7.63. The van der Waals surface area contributed by atoms with Crippen LogP contribution in [0.2, 0.25) is 0 Å². The topological polar surface area (TPSA) is 101 Å². The van der Waals surface area contributed by atoms with E-state index in [-0.39, 0.29) is 28.9 Å². The van der Waals surface area contributed by atoms with Gasteiger partial charge < -0.3 is 5.32 Å². The van der Waals surface area contributed by atoms with Crippen molar-refractivity contribution in [2.75, 3.05) is 12.5 Å². The van der Waals surface area contributed by atoms with Crippen molar-refractivity contribution in [1.82, 2.24) is 9.62 Å². The van der Waals surface area contributed by atoms with Crippen LogP contribution in [0.15, 0.2) is 29.2 Å². The van der Waals surface area contributed by atoms with Gasteiger partial charge in [0.05, 0.1) is 11.2 Å². The SMILES string of the molecule is CS(=O)(=O)c1ccc(CCC(=O)NC2C[C@H]3CC[C@@H](C2)N3S(C)(=O)=O)cc1. The molecule has 0 radical (unpaired) electrons. The molecule has 2 saturated heterocycles. The van der Waals surface area contributed by atoms with Crippen molar-refractivity contribution in [3.63, 3.8) is 0 Å². The summed E-state index contributed by atoms with van der Waals surface area (Å²) in [6, 6.07) is 6.58. The quantitative estimate of drug-likeness (QED) is 0.751. The van der Waals surface area contributed by atoms with Crippen molar-refractivity contribution in [2.45, 2.75) is 61.5 Å². The molecule has 1 amide bonds. The third-order valence-corrected chi connectivity index (χ3v) is 7.90. The van der Waals surface area contributed by atoms with Crippen LogP contribution in [0.25, 0.3) is 0 Å². The van der Waals surface area contributed by atoms with Gasteiger partial charge in [-0.25, -0.2) is 16.8 Å². The van der Waals surface area contributed by atoms with Gasteiger partial charge in [0.15, 0.2) is 9.84 Å². The molecule has 2 bridgehead atoms. The Hall–Kier alpha value is -1.45. The Balaban J connectivity index is 1.51. The van der Waals surface area contributed by atoms with Crippen molar-refractivity contribution in [2.24, 2.45) is 0 Å². The predicted molar refractivity (Wildman–Crippen MR) is 103 cm³/mol. The highest BCUT2D eigenvalue weighted by Crippen LogP contribution is 2.37.